The van der Waals surface area contributed by atoms with Crippen molar-refractivity contribution in [2.45, 2.75) is 18.9 Å². The Morgan fingerprint density at radius 3 is 2.81 bits per heavy atom. The van der Waals surface area contributed by atoms with Crippen LogP contribution in [0.5, 0.6) is 0 Å². The lowest BCUT2D eigenvalue weighted by atomic mass is 10.0. The molecule has 156 valence electrons. The summed E-state index contributed by atoms with van der Waals surface area (Å²) in [5.41, 5.74) is 3.00. The highest BCUT2D eigenvalue weighted by Gasteiger charge is 2.34. The number of carbonyl (C=O) groups excluding carboxylic acids is 1. The highest BCUT2D eigenvalue weighted by atomic mass is 16.5. The quantitative estimate of drug-likeness (QED) is 0.503. The van der Waals surface area contributed by atoms with E-state index >= 15 is 0 Å². The Kier molecular flexibility index (Phi) is 4.35. The van der Waals surface area contributed by atoms with Crippen molar-refractivity contribution < 1.29 is 13.7 Å². The summed E-state index contributed by atoms with van der Waals surface area (Å²) in [5.74, 6) is 0.585. The standard InChI is InChI=1S/C24H22N4O3/c29-24(28-12-11-27-10-4-8-17(27)15-28)18-14-19(20-9-5-13-30-20)25-23-21(18)22(26-31-23)16-6-2-1-3-7-16/h1-3,5-7,9,13-14,17H,4,8,10-12,15H2. The molecule has 1 atom stereocenters. The molecule has 5 heterocycles. The van der Waals surface area contributed by atoms with Crippen LogP contribution in [-0.4, -0.2) is 58.1 Å². The topological polar surface area (TPSA) is 75.6 Å². The number of hydrogen-bond donors (Lipinski definition) is 0. The summed E-state index contributed by atoms with van der Waals surface area (Å²) in [5, 5.41) is 4.94. The summed E-state index contributed by atoms with van der Waals surface area (Å²) >= 11 is 0. The van der Waals surface area contributed by atoms with Crippen LogP contribution in [0.15, 0.2) is 63.7 Å². The fraction of sp³-hybridized carbons (Fsp3) is 0.292. The van der Waals surface area contributed by atoms with Crippen molar-refractivity contribution in [2.75, 3.05) is 26.2 Å². The molecular weight excluding hydrogens is 392 g/mol. The third-order valence-corrected chi connectivity index (χ3v) is 6.37. The SMILES string of the molecule is O=C(c1cc(-c2ccco2)nc2onc(-c3ccccc3)c12)N1CCN2CCCC2C1. The lowest BCUT2D eigenvalue weighted by Gasteiger charge is -2.37. The Hall–Kier alpha value is -3.45. The Labute approximate surface area is 179 Å². The van der Waals surface area contributed by atoms with Gasteiger partial charge in [0.15, 0.2) is 5.76 Å². The van der Waals surface area contributed by atoms with Crippen molar-refractivity contribution in [3.8, 4) is 22.7 Å². The summed E-state index contributed by atoms with van der Waals surface area (Å²) in [7, 11) is 0. The minimum Gasteiger partial charge on any atom is -0.463 e. The minimum atomic E-state index is -0.00728. The van der Waals surface area contributed by atoms with Crippen LogP contribution in [0.1, 0.15) is 23.2 Å². The zero-order valence-electron chi connectivity index (χ0n) is 17.0. The molecule has 2 saturated heterocycles. The molecule has 7 nitrogen and oxygen atoms in total. The number of aromatic nitrogens is 2. The van der Waals surface area contributed by atoms with Crippen molar-refractivity contribution in [1.82, 2.24) is 19.9 Å². The third kappa shape index (κ3) is 3.13. The van der Waals surface area contributed by atoms with Gasteiger partial charge < -0.3 is 13.8 Å². The van der Waals surface area contributed by atoms with Gasteiger partial charge in [0.2, 0.25) is 0 Å². The number of rotatable bonds is 3. The number of fused-ring (bicyclic) bond motifs is 2. The largest absolute Gasteiger partial charge is 0.463 e. The number of nitrogens with zero attached hydrogens (tertiary/aromatic N) is 4. The summed E-state index contributed by atoms with van der Waals surface area (Å²) < 4.78 is 11.1. The van der Waals surface area contributed by atoms with Crippen LogP contribution < -0.4 is 0 Å². The average Bonchev–Trinajstić information content (AvgIpc) is 3.58. The smallest absolute Gasteiger partial charge is 0.259 e. The van der Waals surface area contributed by atoms with E-state index in [9.17, 15) is 4.79 Å². The first-order valence-corrected chi connectivity index (χ1v) is 10.7. The van der Waals surface area contributed by atoms with Gasteiger partial charge in [0, 0.05) is 31.2 Å². The Morgan fingerprint density at radius 1 is 1.06 bits per heavy atom. The van der Waals surface area contributed by atoms with Gasteiger partial charge in [-0.1, -0.05) is 35.5 Å². The lowest BCUT2D eigenvalue weighted by Crippen LogP contribution is -2.52. The fourth-order valence-corrected chi connectivity index (χ4v) is 4.81. The molecule has 1 aromatic carbocycles. The van der Waals surface area contributed by atoms with Gasteiger partial charge in [-0.25, -0.2) is 4.98 Å². The number of hydrogen-bond acceptors (Lipinski definition) is 6. The minimum absolute atomic E-state index is 0.00728. The number of carbonyl (C=O) groups is 1. The molecule has 0 bridgehead atoms. The summed E-state index contributed by atoms with van der Waals surface area (Å²) in [6.45, 7) is 3.54. The predicted molar refractivity (Wildman–Crippen MR) is 115 cm³/mol. The maximum absolute atomic E-state index is 13.8. The van der Waals surface area contributed by atoms with E-state index in [2.05, 4.69) is 15.0 Å². The molecule has 0 N–H and O–H groups in total. The summed E-state index contributed by atoms with van der Waals surface area (Å²) in [6, 6.07) is 15.7. The number of amides is 1. The molecule has 2 fully saturated rings. The first-order valence-electron chi connectivity index (χ1n) is 10.7. The molecule has 7 heteroatoms. The van der Waals surface area contributed by atoms with Gasteiger partial charge in [0.05, 0.1) is 17.2 Å². The normalized spacial score (nSPS) is 19.1. The van der Waals surface area contributed by atoms with Gasteiger partial charge in [-0.15, -0.1) is 0 Å². The molecule has 0 aliphatic carbocycles. The second kappa shape index (κ2) is 7.35. The average molecular weight is 414 g/mol. The molecule has 2 aliphatic rings. The van der Waals surface area contributed by atoms with Crippen LogP contribution >= 0.6 is 0 Å². The molecule has 3 aromatic heterocycles. The number of benzene rings is 1. The van der Waals surface area contributed by atoms with Crippen molar-refractivity contribution >= 4 is 17.0 Å². The van der Waals surface area contributed by atoms with Gasteiger partial charge in [-0.2, -0.15) is 0 Å². The van der Waals surface area contributed by atoms with Crippen LogP contribution in [-0.2, 0) is 0 Å². The molecule has 0 spiro atoms. The van der Waals surface area contributed by atoms with Crippen LogP contribution in [0.4, 0.5) is 0 Å². The number of piperazine rings is 1. The maximum Gasteiger partial charge on any atom is 0.259 e. The lowest BCUT2D eigenvalue weighted by molar-refractivity contribution is 0.0573. The van der Waals surface area contributed by atoms with Crippen molar-refractivity contribution in [1.29, 1.82) is 0 Å². The van der Waals surface area contributed by atoms with Crippen LogP contribution in [0, 0.1) is 0 Å². The fourth-order valence-electron chi connectivity index (χ4n) is 4.81. The summed E-state index contributed by atoms with van der Waals surface area (Å²) in [4.78, 5) is 22.9. The van der Waals surface area contributed by atoms with E-state index in [-0.39, 0.29) is 5.91 Å². The van der Waals surface area contributed by atoms with E-state index in [1.54, 1.807) is 12.3 Å². The Bertz CT molecular complexity index is 1230. The van der Waals surface area contributed by atoms with Crippen molar-refractivity contribution in [3.63, 3.8) is 0 Å². The first-order chi connectivity index (χ1) is 15.3. The molecule has 1 amide bonds. The van der Waals surface area contributed by atoms with Crippen LogP contribution in [0.25, 0.3) is 33.8 Å². The van der Waals surface area contributed by atoms with Gasteiger partial charge in [-0.3, -0.25) is 9.69 Å². The molecule has 2 aliphatic heterocycles. The van der Waals surface area contributed by atoms with E-state index in [0.29, 0.717) is 39.9 Å². The second-order valence-electron chi connectivity index (χ2n) is 8.19. The van der Waals surface area contributed by atoms with E-state index < -0.39 is 0 Å². The zero-order chi connectivity index (χ0) is 20.8. The number of pyridine rings is 1. The van der Waals surface area contributed by atoms with E-state index in [1.807, 2.05) is 47.4 Å². The maximum atomic E-state index is 13.8. The zero-order valence-corrected chi connectivity index (χ0v) is 17.0. The van der Waals surface area contributed by atoms with Gasteiger partial charge in [0.1, 0.15) is 11.4 Å². The van der Waals surface area contributed by atoms with Crippen LogP contribution in [0.3, 0.4) is 0 Å². The molecule has 1 unspecified atom stereocenters. The molecular formula is C24H22N4O3. The van der Waals surface area contributed by atoms with E-state index in [1.165, 1.54) is 6.42 Å². The number of furan rings is 1. The highest BCUT2D eigenvalue weighted by Crippen LogP contribution is 2.34. The third-order valence-electron chi connectivity index (χ3n) is 6.37. The molecule has 0 saturated carbocycles. The van der Waals surface area contributed by atoms with Gasteiger partial charge in [-0.05, 0) is 37.6 Å². The molecule has 6 rings (SSSR count). The van der Waals surface area contributed by atoms with Gasteiger partial charge >= 0.3 is 0 Å². The molecule has 31 heavy (non-hydrogen) atoms. The second-order valence-corrected chi connectivity index (χ2v) is 8.19. The van der Waals surface area contributed by atoms with Crippen molar-refractivity contribution in [3.05, 3.63) is 60.4 Å². The monoisotopic (exact) mass is 414 g/mol. The Morgan fingerprint density at radius 2 is 1.97 bits per heavy atom. The first kappa shape index (κ1) is 18.3. The van der Waals surface area contributed by atoms with E-state index in [4.69, 9.17) is 8.94 Å². The Balaban J connectivity index is 1.48. The summed E-state index contributed by atoms with van der Waals surface area (Å²) in [6.07, 6.45) is 3.95. The van der Waals surface area contributed by atoms with E-state index in [0.717, 1.165) is 38.2 Å². The molecule has 0 radical (unpaired) electrons. The van der Waals surface area contributed by atoms with Crippen molar-refractivity contribution in [2.24, 2.45) is 0 Å². The van der Waals surface area contributed by atoms with Gasteiger partial charge in [0.25, 0.3) is 11.6 Å². The molecule has 4 aromatic rings. The van der Waals surface area contributed by atoms with Crippen LogP contribution in [0.2, 0.25) is 0 Å². The highest BCUT2D eigenvalue weighted by molar-refractivity contribution is 6.10. The predicted octanol–water partition coefficient (Wildman–Crippen LogP) is 4.07.